The van der Waals surface area contributed by atoms with Crippen molar-refractivity contribution in [1.82, 2.24) is 9.88 Å². The zero-order valence-corrected chi connectivity index (χ0v) is 21.7. The molecule has 1 aromatic heterocycles. The molecule has 7 rings (SSSR count). The number of rotatable bonds is 4. The van der Waals surface area contributed by atoms with Gasteiger partial charge in [-0.25, -0.2) is 0 Å². The molecule has 3 fully saturated rings. The number of aryl methyl sites for hydroxylation is 1. The largest absolute Gasteiger partial charge is 0.325 e. The Labute approximate surface area is 221 Å². The fourth-order valence-corrected chi connectivity index (χ4v) is 10.2. The first kappa shape index (κ1) is 23.0. The Morgan fingerprint density at radius 2 is 1.78 bits per heavy atom. The van der Waals surface area contributed by atoms with Crippen molar-refractivity contribution >= 4 is 46.5 Å². The molecule has 2 aromatic carbocycles. The van der Waals surface area contributed by atoms with E-state index in [1.54, 1.807) is 17.8 Å². The Morgan fingerprint density at radius 1 is 1.03 bits per heavy atom. The molecule has 3 heterocycles. The molecule has 1 saturated heterocycles. The average molecular weight is 532 g/mol. The Morgan fingerprint density at radius 3 is 2.54 bits per heavy atom. The first-order valence-electron chi connectivity index (χ1n) is 12.6. The normalized spacial score (nSPS) is 31.3. The van der Waals surface area contributed by atoms with Crippen LogP contribution < -0.4 is 10.2 Å². The van der Waals surface area contributed by atoms with Crippen molar-refractivity contribution in [2.75, 3.05) is 11.9 Å². The minimum atomic E-state index is -0.394. The van der Waals surface area contributed by atoms with Gasteiger partial charge in [0.15, 0.2) is 0 Å². The molecule has 2 aliphatic carbocycles. The van der Waals surface area contributed by atoms with Gasteiger partial charge in [0, 0.05) is 21.7 Å². The minimum Gasteiger partial charge on any atom is -0.325 e. The highest BCUT2D eigenvalue weighted by Crippen LogP contribution is 2.68. The van der Waals surface area contributed by atoms with Crippen LogP contribution in [0.4, 0.5) is 5.69 Å². The number of hydrogen-bond acceptors (Lipinski definition) is 6. The van der Waals surface area contributed by atoms with Crippen LogP contribution in [0.1, 0.15) is 28.3 Å². The van der Waals surface area contributed by atoms with Crippen molar-refractivity contribution in [2.24, 2.45) is 29.6 Å². The molecule has 7 atom stereocenters. The third-order valence-corrected chi connectivity index (χ3v) is 11.2. The molecule has 2 aliphatic heterocycles. The zero-order valence-electron chi connectivity index (χ0n) is 20.0. The van der Waals surface area contributed by atoms with E-state index in [0.717, 1.165) is 27.5 Å². The van der Waals surface area contributed by atoms with E-state index in [1.807, 2.05) is 43.3 Å². The van der Waals surface area contributed by atoms with Crippen LogP contribution in [0.3, 0.4) is 0 Å². The highest BCUT2D eigenvalue weighted by Gasteiger charge is 2.69. The summed E-state index contributed by atoms with van der Waals surface area (Å²) < 4.78 is 0. The van der Waals surface area contributed by atoms with Gasteiger partial charge in [0.1, 0.15) is 6.54 Å². The van der Waals surface area contributed by atoms with Crippen molar-refractivity contribution in [3.8, 4) is 0 Å². The molecular weight excluding hydrogens is 506 g/mol. The molecule has 0 radical (unpaired) electrons. The van der Waals surface area contributed by atoms with Gasteiger partial charge in [-0.3, -0.25) is 24.1 Å². The summed E-state index contributed by atoms with van der Waals surface area (Å²) in [5, 5.41) is 3.87. The van der Waals surface area contributed by atoms with E-state index < -0.39 is 5.92 Å². The van der Waals surface area contributed by atoms with Crippen LogP contribution >= 0.6 is 23.1 Å². The van der Waals surface area contributed by atoms with Gasteiger partial charge in [0.2, 0.25) is 17.7 Å². The van der Waals surface area contributed by atoms with Gasteiger partial charge in [-0.05, 0) is 54.4 Å². The lowest BCUT2D eigenvalue weighted by Crippen LogP contribution is -2.42. The SMILES string of the molecule is Cc1cccc(NC(=O)CN2C(=O)[C@@H]3[C@H]4C[C@@H]([C@@H]3C2=O)[C@@H]2[C@H](c3ccccc3)c3sc(=O)[nH]c3S[C@H]42)c1. The Kier molecular flexibility index (Phi) is 5.23. The Balaban J connectivity index is 1.19. The molecule has 2 N–H and O–H groups in total. The van der Waals surface area contributed by atoms with Crippen LogP contribution in [0.5, 0.6) is 0 Å². The second-order valence-electron chi connectivity index (χ2n) is 10.6. The molecule has 7 nitrogen and oxygen atoms in total. The molecule has 0 unspecified atom stereocenters. The number of nitrogens with zero attached hydrogens (tertiary/aromatic N) is 1. The molecular formula is C28H25N3O4S2. The summed E-state index contributed by atoms with van der Waals surface area (Å²) in [5.41, 5.74) is 2.81. The van der Waals surface area contributed by atoms with Crippen LogP contribution in [0.15, 0.2) is 64.4 Å². The number of aromatic amines is 1. The Hall–Kier alpha value is -3.17. The van der Waals surface area contributed by atoms with Crippen molar-refractivity contribution in [2.45, 2.75) is 29.5 Å². The number of amides is 3. The van der Waals surface area contributed by atoms with Crippen molar-refractivity contribution in [3.05, 3.63) is 80.3 Å². The fourth-order valence-electron chi connectivity index (χ4n) is 7.33. The number of H-pyrrole nitrogens is 1. The predicted molar refractivity (Wildman–Crippen MR) is 141 cm³/mol. The molecule has 188 valence electrons. The summed E-state index contributed by atoms with van der Waals surface area (Å²) in [6.07, 6.45) is 0.834. The molecule has 9 heteroatoms. The number of fused-ring (bicyclic) bond motifs is 9. The van der Waals surface area contributed by atoms with Gasteiger partial charge >= 0.3 is 4.87 Å². The van der Waals surface area contributed by atoms with E-state index in [-0.39, 0.29) is 64.0 Å². The van der Waals surface area contributed by atoms with Crippen molar-refractivity contribution in [3.63, 3.8) is 0 Å². The molecule has 37 heavy (non-hydrogen) atoms. The number of thioether (sulfide) groups is 1. The average Bonchev–Trinajstić information content (AvgIpc) is 3.60. The molecule has 0 spiro atoms. The predicted octanol–water partition coefficient (Wildman–Crippen LogP) is 3.86. The summed E-state index contributed by atoms with van der Waals surface area (Å²) in [4.78, 5) is 57.5. The third kappa shape index (κ3) is 3.47. The van der Waals surface area contributed by atoms with Crippen molar-refractivity contribution < 1.29 is 14.4 Å². The maximum Gasteiger partial charge on any atom is 0.305 e. The highest BCUT2D eigenvalue weighted by atomic mass is 32.2. The maximum atomic E-state index is 13.7. The van der Waals surface area contributed by atoms with Gasteiger partial charge in [0.25, 0.3) is 0 Å². The molecule has 2 bridgehead atoms. The van der Waals surface area contributed by atoms with Crippen LogP contribution in [0.2, 0.25) is 0 Å². The van der Waals surface area contributed by atoms with E-state index in [9.17, 15) is 19.2 Å². The van der Waals surface area contributed by atoms with E-state index in [2.05, 4.69) is 22.4 Å². The minimum absolute atomic E-state index is 0.0175. The number of carbonyl (C=O) groups excluding carboxylic acids is 3. The summed E-state index contributed by atoms with van der Waals surface area (Å²) in [6, 6.07) is 17.6. The molecule has 3 aromatic rings. The van der Waals surface area contributed by atoms with Gasteiger partial charge in [-0.15, -0.1) is 11.8 Å². The second kappa shape index (κ2) is 8.43. The fraction of sp³-hybridized carbons (Fsp3) is 0.357. The van der Waals surface area contributed by atoms with E-state index in [4.69, 9.17) is 0 Å². The smallest absolute Gasteiger partial charge is 0.305 e. The number of likely N-dealkylation sites (tertiary alicyclic amines) is 1. The lowest BCUT2D eigenvalue weighted by Gasteiger charge is -2.43. The number of aromatic nitrogens is 1. The van der Waals surface area contributed by atoms with E-state index in [0.29, 0.717) is 5.69 Å². The topological polar surface area (TPSA) is 99.3 Å². The summed E-state index contributed by atoms with van der Waals surface area (Å²) in [6.45, 7) is 1.68. The first-order valence-corrected chi connectivity index (χ1v) is 14.3. The lowest BCUT2D eigenvalue weighted by molar-refractivity contribution is -0.143. The number of anilines is 1. The van der Waals surface area contributed by atoms with Crippen LogP contribution in [-0.4, -0.2) is 39.4 Å². The summed E-state index contributed by atoms with van der Waals surface area (Å²) in [7, 11) is 0. The van der Waals surface area contributed by atoms with Gasteiger partial charge in [-0.1, -0.05) is 53.8 Å². The first-order chi connectivity index (χ1) is 17.9. The zero-order chi connectivity index (χ0) is 25.4. The van der Waals surface area contributed by atoms with Crippen LogP contribution in [-0.2, 0) is 14.4 Å². The maximum absolute atomic E-state index is 13.7. The summed E-state index contributed by atoms with van der Waals surface area (Å²) >= 11 is 2.93. The quantitative estimate of drug-likeness (QED) is 0.498. The third-order valence-electron chi connectivity index (χ3n) is 8.58. The summed E-state index contributed by atoms with van der Waals surface area (Å²) in [5.74, 6) is -1.31. The van der Waals surface area contributed by atoms with Gasteiger partial charge < -0.3 is 10.3 Å². The van der Waals surface area contributed by atoms with Gasteiger partial charge in [-0.2, -0.15) is 0 Å². The number of carbonyl (C=O) groups is 3. The number of benzene rings is 2. The van der Waals surface area contributed by atoms with Crippen LogP contribution in [0, 0.1) is 36.5 Å². The van der Waals surface area contributed by atoms with Crippen molar-refractivity contribution in [1.29, 1.82) is 0 Å². The number of nitrogens with one attached hydrogen (secondary N) is 2. The standard InChI is InChI=1S/C28H25N3O4S2/c1-13-6-5-9-15(10-13)29-18(32)12-31-26(33)21-16-11-17(22(21)27(31)34)23-20(16)19(14-7-3-2-4-8-14)24-25(36-23)30-28(35)37-24/h2-10,16-17,19-23H,11-12H2,1H3,(H,29,32)(H,30,35)/t16-,17-,19+,20-,21+,22-,23-/m1/s1. The van der Waals surface area contributed by atoms with Crippen LogP contribution in [0.25, 0.3) is 0 Å². The lowest BCUT2D eigenvalue weighted by atomic mass is 9.68. The van der Waals surface area contributed by atoms with E-state index >= 15 is 0 Å². The molecule has 4 aliphatic rings. The molecule has 3 amide bonds. The highest BCUT2D eigenvalue weighted by molar-refractivity contribution is 8.00. The van der Waals surface area contributed by atoms with Gasteiger partial charge in [0.05, 0.1) is 16.9 Å². The second-order valence-corrected chi connectivity index (χ2v) is 12.8. The van der Waals surface area contributed by atoms with E-state index in [1.165, 1.54) is 16.2 Å². The molecule has 2 saturated carbocycles. The number of hydrogen-bond donors (Lipinski definition) is 2. The number of thiazole rings is 1. The monoisotopic (exact) mass is 531 g/mol. The Bertz CT molecular complexity index is 1500. The number of imide groups is 1.